The van der Waals surface area contributed by atoms with Crippen molar-refractivity contribution in [2.45, 2.75) is 19.0 Å². The molecule has 0 spiro atoms. The molecule has 1 aliphatic carbocycles. The van der Waals surface area contributed by atoms with Crippen molar-refractivity contribution >= 4 is 18.7 Å². The summed E-state index contributed by atoms with van der Waals surface area (Å²) in [5.41, 5.74) is 5.79. The highest BCUT2D eigenvalue weighted by atomic mass is 16.3. The Bertz CT molecular complexity index is 1140. The van der Waals surface area contributed by atoms with Gasteiger partial charge in [-0.1, -0.05) is 30.3 Å². The maximum atomic E-state index is 11.4. The van der Waals surface area contributed by atoms with Gasteiger partial charge in [-0.05, 0) is 41.2 Å². The number of aromatic nitrogens is 3. The zero-order valence-electron chi connectivity index (χ0n) is 18.5. The summed E-state index contributed by atoms with van der Waals surface area (Å²) in [7, 11) is 1.46. The number of rotatable bonds is 4. The molecule has 1 aliphatic heterocycles. The number of aliphatic hydroxyl groups is 1. The van der Waals surface area contributed by atoms with Crippen molar-refractivity contribution in [2.75, 3.05) is 26.2 Å². The second-order valence-corrected chi connectivity index (χ2v) is 8.60. The summed E-state index contributed by atoms with van der Waals surface area (Å²) in [4.78, 5) is 13.5. The molecule has 2 aliphatic rings. The average Bonchev–Trinajstić information content (AvgIpc) is 3.18. The highest BCUT2D eigenvalue weighted by Crippen LogP contribution is 2.43. The molecular weight excluding hydrogens is 401 g/mol. The average molecular weight is 429 g/mol. The van der Waals surface area contributed by atoms with Crippen molar-refractivity contribution in [1.82, 2.24) is 24.2 Å². The van der Waals surface area contributed by atoms with E-state index in [2.05, 4.69) is 45.0 Å². The summed E-state index contributed by atoms with van der Waals surface area (Å²) >= 11 is 0. The monoisotopic (exact) mass is 429 g/mol. The van der Waals surface area contributed by atoms with Crippen LogP contribution in [0, 0.1) is 0 Å². The normalized spacial score (nSPS) is 20.1. The van der Waals surface area contributed by atoms with E-state index in [0.29, 0.717) is 0 Å². The molecule has 1 fully saturated rings. The lowest BCUT2D eigenvalue weighted by Crippen LogP contribution is -2.52. The van der Waals surface area contributed by atoms with Crippen molar-refractivity contribution < 1.29 is 10.1 Å². The highest BCUT2D eigenvalue weighted by Gasteiger charge is 2.35. The van der Waals surface area contributed by atoms with Gasteiger partial charge in [0.2, 0.25) is 0 Å². The van der Waals surface area contributed by atoms with Crippen LogP contribution in [0.4, 0.5) is 0 Å². The number of hydrogen-bond acceptors (Lipinski definition) is 6. The Morgan fingerprint density at radius 1 is 1.09 bits per heavy atom. The Morgan fingerprint density at radius 2 is 1.88 bits per heavy atom. The largest absolute Gasteiger partial charge is 0.437 e. The molecule has 2 atom stereocenters. The van der Waals surface area contributed by atoms with Crippen LogP contribution in [0.15, 0.2) is 55.1 Å². The summed E-state index contributed by atoms with van der Waals surface area (Å²) < 4.78 is 1.86. The Labute approximate surface area is 188 Å². The molecule has 1 aromatic carbocycles. The third-order valence-electron chi connectivity index (χ3n) is 6.68. The van der Waals surface area contributed by atoms with Gasteiger partial charge in [-0.3, -0.25) is 9.88 Å². The highest BCUT2D eigenvalue weighted by molar-refractivity contribution is 6.45. The zero-order valence-corrected chi connectivity index (χ0v) is 18.5. The fourth-order valence-corrected chi connectivity index (χ4v) is 4.93. The molecule has 2 N–H and O–H groups in total. The second kappa shape index (κ2) is 8.63. The molecule has 0 bridgehead atoms. The minimum absolute atomic E-state index is 0.0222. The van der Waals surface area contributed by atoms with E-state index in [1.54, 1.807) is 12.5 Å². The van der Waals surface area contributed by atoms with E-state index in [1.165, 1.54) is 0 Å². The first-order valence-corrected chi connectivity index (χ1v) is 11.1. The van der Waals surface area contributed by atoms with E-state index in [9.17, 15) is 10.1 Å². The molecule has 0 radical (unpaired) electrons. The van der Waals surface area contributed by atoms with Gasteiger partial charge in [0, 0.05) is 39.4 Å². The molecule has 2 aromatic heterocycles. The molecular formula is C24H28BN5O2. The molecule has 8 heteroatoms. The summed E-state index contributed by atoms with van der Waals surface area (Å²) in [5, 5.41) is 21.4. The first-order chi connectivity index (χ1) is 15.5. The van der Waals surface area contributed by atoms with E-state index in [0.717, 1.165) is 59.8 Å². The van der Waals surface area contributed by atoms with Crippen molar-refractivity contribution in [3.05, 3.63) is 83.2 Å². The number of piperazine rings is 1. The molecule has 3 heterocycles. The number of hydrogen-bond donors (Lipinski definition) is 2. The van der Waals surface area contributed by atoms with E-state index < -0.39 is 13.2 Å². The first kappa shape index (κ1) is 21.1. The van der Waals surface area contributed by atoms with Crippen molar-refractivity contribution in [1.29, 1.82) is 0 Å². The number of aliphatic hydroxyl groups excluding tert-OH is 1. The molecule has 3 aromatic rings. The lowest BCUT2D eigenvalue weighted by Gasteiger charge is -2.40. The molecule has 0 amide bonds. The lowest BCUT2D eigenvalue weighted by molar-refractivity contribution is 0.144. The number of nitrogens with zero attached hydrogens (tertiary/aromatic N) is 5. The van der Waals surface area contributed by atoms with Gasteiger partial charge < -0.3 is 19.5 Å². The summed E-state index contributed by atoms with van der Waals surface area (Å²) in [6, 6.07) is 12.3. The molecule has 1 unspecified atom stereocenters. The van der Waals surface area contributed by atoms with E-state index in [4.69, 9.17) is 4.98 Å². The topological polar surface area (TPSA) is 77.6 Å². The molecule has 5 rings (SSSR count). The van der Waals surface area contributed by atoms with Gasteiger partial charge >= 0.3 is 7.05 Å². The number of fused-ring (bicyclic) bond motifs is 2. The summed E-state index contributed by atoms with van der Waals surface area (Å²) in [5.74, 6) is 0. The van der Waals surface area contributed by atoms with Crippen LogP contribution in [-0.4, -0.2) is 67.6 Å². The maximum Gasteiger partial charge on any atom is 0.376 e. The van der Waals surface area contributed by atoms with E-state index in [-0.39, 0.29) is 6.04 Å². The minimum Gasteiger partial charge on any atom is -0.437 e. The van der Waals surface area contributed by atoms with Gasteiger partial charge in [-0.15, -0.1) is 0 Å². The molecule has 0 saturated carbocycles. The van der Waals surface area contributed by atoms with Gasteiger partial charge in [-0.25, -0.2) is 4.98 Å². The molecule has 32 heavy (non-hydrogen) atoms. The Morgan fingerprint density at radius 3 is 2.59 bits per heavy atom. The Hall–Kier alpha value is -2.78. The van der Waals surface area contributed by atoms with Crippen LogP contribution in [0.1, 0.15) is 40.2 Å². The first-order valence-electron chi connectivity index (χ1n) is 11.1. The van der Waals surface area contributed by atoms with Crippen molar-refractivity contribution in [3.63, 3.8) is 0 Å². The van der Waals surface area contributed by atoms with E-state index in [1.807, 2.05) is 36.8 Å². The van der Waals surface area contributed by atoms with Crippen LogP contribution in [-0.2, 0) is 7.05 Å². The Balaban J connectivity index is 1.62. The quantitative estimate of drug-likeness (QED) is 0.620. The van der Waals surface area contributed by atoms with Gasteiger partial charge in [0.1, 0.15) is 6.10 Å². The predicted octanol–water partition coefficient (Wildman–Crippen LogP) is 2.22. The van der Waals surface area contributed by atoms with Crippen LogP contribution in [0.25, 0.3) is 11.6 Å². The molecule has 164 valence electrons. The Kier molecular flexibility index (Phi) is 5.69. The maximum absolute atomic E-state index is 11.4. The van der Waals surface area contributed by atoms with Crippen molar-refractivity contribution in [3.8, 4) is 0 Å². The van der Waals surface area contributed by atoms with Crippen LogP contribution < -0.4 is 0 Å². The summed E-state index contributed by atoms with van der Waals surface area (Å²) in [6.07, 6.45) is 6.54. The lowest BCUT2D eigenvalue weighted by atomic mass is 9.84. The van der Waals surface area contributed by atoms with E-state index >= 15 is 0 Å². The fraction of sp³-hybridized carbons (Fsp3) is 0.333. The zero-order chi connectivity index (χ0) is 22.2. The third-order valence-corrected chi connectivity index (χ3v) is 6.68. The van der Waals surface area contributed by atoms with Crippen LogP contribution in [0.5, 0.6) is 0 Å². The SMILES string of the molecule is CB(O)N1CCN([C@H]2c3ccccc3C(C(O)c3cncn3C)=Cc3cccnc32)CC1. The minimum atomic E-state index is -0.803. The molecule has 7 nitrogen and oxygen atoms in total. The number of aryl methyl sites for hydroxylation is 1. The van der Waals surface area contributed by atoms with Crippen LogP contribution in [0.3, 0.4) is 0 Å². The fourth-order valence-electron chi connectivity index (χ4n) is 4.93. The standard InChI is InChI=1S/C24H28BN5O2/c1-25(32)30-12-10-29(11-13-30)23-19-8-4-3-7-18(19)20(14-17-6-5-9-27-22(17)23)24(31)21-15-26-16-28(21)2/h3-9,14-16,23-24,31-32H,10-13H2,1-2H3/t23-,24?/m0/s1. The second-order valence-electron chi connectivity index (χ2n) is 8.60. The number of pyridine rings is 1. The van der Waals surface area contributed by atoms with Crippen molar-refractivity contribution in [2.24, 2.45) is 7.05 Å². The van der Waals surface area contributed by atoms with Crippen LogP contribution >= 0.6 is 0 Å². The van der Waals surface area contributed by atoms with Crippen LogP contribution in [0.2, 0.25) is 6.82 Å². The summed E-state index contributed by atoms with van der Waals surface area (Å²) in [6.45, 7) is 5.09. The van der Waals surface area contributed by atoms with Gasteiger partial charge in [-0.2, -0.15) is 0 Å². The predicted molar refractivity (Wildman–Crippen MR) is 126 cm³/mol. The molecule has 1 saturated heterocycles. The smallest absolute Gasteiger partial charge is 0.376 e. The van der Waals surface area contributed by atoms with Gasteiger partial charge in [0.25, 0.3) is 0 Å². The van der Waals surface area contributed by atoms with Gasteiger partial charge in [0.05, 0.1) is 30.0 Å². The number of benzene rings is 1. The number of imidazole rings is 1. The third kappa shape index (κ3) is 3.69. The van der Waals surface area contributed by atoms with Gasteiger partial charge in [0.15, 0.2) is 0 Å².